The van der Waals surface area contributed by atoms with Gasteiger partial charge in [0.15, 0.2) is 5.16 Å². The van der Waals surface area contributed by atoms with Crippen LogP contribution in [0.1, 0.15) is 36.4 Å². The molecule has 1 N–H and O–H groups in total. The highest BCUT2D eigenvalue weighted by atomic mass is 32.2. The molecule has 1 aromatic heterocycles. The third-order valence-electron chi connectivity index (χ3n) is 5.92. The van der Waals surface area contributed by atoms with Crippen LogP contribution in [0.5, 0.6) is 5.75 Å². The average Bonchev–Trinajstić information content (AvgIpc) is 3.48. The third kappa shape index (κ3) is 4.32. The molecule has 8 heteroatoms. The first-order valence-corrected chi connectivity index (χ1v) is 12.1. The van der Waals surface area contributed by atoms with Crippen molar-refractivity contribution in [2.75, 3.05) is 30.3 Å². The Kier molecular flexibility index (Phi) is 6.03. The van der Waals surface area contributed by atoms with Crippen LogP contribution in [0.25, 0.3) is 5.69 Å². The smallest absolute Gasteiger partial charge is 0.232 e. The minimum Gasteiger partial charge on any atom is -0.493 e. The Hall–Kier alpha value is -3.00. The minimum absolute atomic E-state index is 0.0159. The summed E-state index contributed by atoms with van der Waals surface area (Å²) in [7, 11) is 0. The summed E-state index contributed by atoms with van der Waals surface area (Å²) in [6.07, 6.45) is 3.10. The van der Waals surface area contributed by atoms with E-state index in [2.05, 4.69) is 56.2 Å². The predicted molar refractivity (Wildman–Crippen MR) is 126 cm³/mol. The van der Waals surface area contributed by atoms with Crippen LogP contribution in [0.2, 0.25) is 0 Å². The van der Waals surface area contributed by atoms with Crippen molar-refractivity contribution in [1.29, 1.82) is 0 Å². The highest BCUT2D eigenvalue weighted by Crippen LogP contribution is 2.32. The van der Waals surface area contributed by atoms with Crippen LogP contribution in [0.4, 0.5) is 5.95 Å². The van der Waals surface area contributed by atoms with Crippen molar-refractivity contribution in [1.82, 2.24) is 20.1 Å². The second-order valence-corrected chi connectivity index (χ2v) is 9.17. The second kappa shape index (κ2) is 9.24. The van der Waals surface area contributed by atoms with Gasteiger partial charge in [-0.15, -0.1) is 10.2 Å². The number of ether oxygens (including phenoxy) is 1. The van der Waals surface area contributed by atoms with Crippen molar-refractivity contribution in [3.8, 4) is 11.4 Å². The van der Waals surface area contributed by atoms with Gasteiger partial charge in [-0.05, 0) is 38.0 Å². The fraction of sp³-hybridized carbons (Fsp3) is 0.375. The molecule has 0 unspecified atom stereocenters. The molecule has 32 heavy (non-hydrogen) atoms. The van der Waals surface area contributed by atoms with Crippen LogP contribution in [-0.2, 0) is 4.79 Å². The molecule has 0 aliphatic carbocycles. The first-order valence-electron chi connectivity index (χ1n) is 11.1. The lowest BCUT2D eigenvalue weighted by Gasteiger charge is -2.26. The van der Waals surface area contributed by atoms with Gasteiger partial charge in [-0.3, -0.25) is 9.36 Å². The van der Waals surface area contributed by atoms with E-state index >= 15 is 0 Å². The molecule has 1 fully saturated rings. The molecule has 2 aliphatic heterocycles. The highest BCUT2D eigenvalue weighted by molar-refractivity contribution is 7.99. The number of benzene rings is 2. The lowest BCUT2D eigenvalue weighted by Crippen LogP contribution is -2.33. The molecule has 0 saturated carbocycles. The third-order valence-corrected chi connectivity index (χ3v) is 6.85. The standard InChI is InChI=1S/C24H27N5O2S/c1-17-8-10-18(11-9-17)29-23(28-13-4-5-14-28)26-27-24(29)32-16-22(30)25-20-12-15-31-21-7-3-2-6-19(20)21/h2-3,6-11,20H,4-5,12-16H2,1H3,(H,25,30)/t20-/m0/s1. The number of carbonyl (C=O) groups excluding carboxylic acids is 1. The second-order valence-electron chi connectivity index (χ2n) is 8.23. The summed E-state index contributed by atoms with van der Waals surface area (Å²) < 4.78 is 7.78. The van der Waals surface area contributed by atoms with Crippen molar-refractivity contribution in [2.24, 2.45) is 0 Å². The minimum atomic E-state index is -0.0248. The van der Waals surface area contributed by atoms with Crippen LogP contribution in [0.15, 0.2) is 53.7 Å². The first kappa shape index (κ1) is 20.9. The summed E-state index contributed by atoms with van der Waals surface area (Å²) in [5, 5.41) is 12.8. The molecule has 1 amide bonds. The molecule has 3 heterocycles. The number of hydrogen-bond donors (Lipinski definition) is 1. The van der Waals surface area contributed by atoms with Gasteiger partial charge in [0.05, 0.1) is 24.1 Å². The van der Waals surface area contributed by atoms with Gasteiger partial charge in [0.1, 0.15) is 5.75 Å². The molecule has 2 aliphatic rings. The SMILES string of the molecule is Cc1ccc(-n2c(SCC(=O)N[C@H]3CCOc4ccccc43)nnc2N2CCCC2)cc1. The van der Waals surface area contributed by atoms with E-state index in [0.29, 0.717) is 6.61 Å². The van der Waals surface area contributed by atoms with Crippen molar-refractivity contribution >= 4 is 23.6 Å². The van der Waals surface area contributed by atoms with Gasteiger partial charge in [-0.25, -0.2) is 0 Å². The molecular weight excluding hydrogens is 422 g/mol. The Bertz CT molecular complexity index is 1090. The fourth-order valence-corrected chi connectivity index (χ4v) is 5.01. The van der Waals surface area contributed by atoms with E-state index in [1.807, 2.05) is 24.3 Å². The molecule has 166 valence electrons. The number of aromatic nitrogens is 3. The van der Waals surface area contributed by atoms with Gasteiger partial charge in [-0.2, -0.15) is 0 Å². The number of amides is 1. The summed E-state index contributed by atoms with van der Waals surface area (Å²) in [5.41, 5.74) is 3.26. The number of aryl methyl sites for hydroxylation is 1. The molecule has 1 atom stereocenters. The van der Waals surface area contributed by atoms with E-state index in [9.17, 15) is 4.79 Å². The molecule has 0 spiro atoms. The number of thioether (sulfide) groups is 1. The summed E-state index contributed by atoms with van der Waals surface area (Å²) in [6, 6.07) is 16.2. The Morgan fingerprint density at radius 1 is 1.12 bits per heavy atom. The molecule has 2 aromatic carbocycles. The van der Waals surface area contributed by atoms with Gasteiger partial charge >= 0.3 is 0 Å². The number of nitrogens with one attached hydrogen (secondary N) is 1. The predicted octanol–water partition coefficient (Wildman–Crippen LogP) is 3.91. The Morgan fingerprint density at radius 3 is 2.72 bits per heavy atom. The molecule has 5 rings (SSSR count). The zero-order valence-electron chi connectivity index (χ0n) is 18.2. The van der Waals surface area contributed by atoms with Crippen molar-refractivity contribution in [3.05, 3.63) is 59.7 Å². The fourth-order valence-electron chi connectivity index (χ4n) is 4.26. The number of anilines is 1. The Balaban J connectivity index is 1.32. The summed E-state index contributed by atoms with van der Waals surface area (Å²) >= 11 is 1.42. The number of hydrogen-bond acceptors (Lipinski definition) is 6. The zero-order chi connectivity index (χ0) is 21.9. The maximum Gasteiger partial charge on any atom is 0.232 e. The van der Waals surface area contributed by atoms with Gasteiger partial charge < -0.3 is 15.0 Å². The van der Waals surface area contributed by atoms with Crippen LogP contribution in [0.3, 0.4) is 0 Å². The first-order chi connectivity index (χ1) is 15.7. The lowest BCUT2D eigenvalue weighted by molar-refractivity contribution is -0.119. The summed E-state index contributed by atoms with van der Waals surface area (Å²) in [5.74, 6) is 1.97. The van der Waals surface area contributed by atoms with Gasteiger partial charge in [0, 0.05) is 25.1 Å². The number of rotatable bonds is 6. The highest BCUT2D eigenvalue weighted by Gasteiger charge is 2.25. The lowest BCUT2D eigenvalue weighted by atomic mass is 10.0. The van der Waals surface area contributed by atoms with Crippen LogP contribution >= 0.6 is 11.8 Å². The monoisotopic (exact) mass is 449 g/mol. The van der Waals surface area contributed by atoms with Gasteiger partial charge in [0.25, 0.3) is 0 Å². The van der Waals surface area contributed by atoms with E-state index in [-0.39, 0.29) is 17.7 Å². The number of nitrogens with zero attached hydrogens (tertiary/aromatic N) is 4. The van der Waals surface area contributed by atoms with Gasteiger partial charge in [0.2, 0.25) is 11.9 Å². The van der Waals surface area contributed by atoms with E-state index in [4.69, 9.17) is 4.74 Å². The Labute approximate surface area is 192 Å². The number of carbonyl (C=O) groups is 1. The topological polar surface area (TPSA) is 72.3 Å². The molecule has 7 nitrogen and oxygen atoms in total. The normalized spacial score (nSPS) is 17.7. The molecule has 0 radical (unpaired) electrons. The van der Waals surface area contributed by atoms with E-state index in [1.165, 1.54) is 17.3 Å². The van der Waals surface area contributed by atoms with E-state index < -0.39 is 0 Å². The van der Waals surface area contributed by atoms with Crippen LogP contribution in [-0.4, -0.2) is 46.1 Å². The maximum atomic E-state index is 12.8. The Morgan fingerprint density at radius 2 is 1.91 bits per heavy atom. The van der Waals surface area contributed by atoms with Crippen LogP contribution < -0.4 is 15.0 Å². The summed E-state index contributed by atoms with van der Waals surface area (Å²) in [6.45, 7) is 4.65. The average molecular weight is 450 g/mol. The van der Waals surface area contributed by atoms with E-state index in [1.54, 1.807) is 0 Å². The molecule has 1 saturated heterocycles. The molecule has 0 bridgehead atoms. The number of fused-ring (bicyclic) bond motifs is 1. The maximum absolute atomic E-state index is 12.8. The molecular formula is C24H27N5O2S. The zero-order valence-corrected chi connectivity index (χ0v) is 19.0. The van der Waals surface area contributed by atoms with E-state index in [0.717, 1.165) is 60.5 Å². The molecule has 3 aromatic rings. The summed E-state index contributed by atoms with van der Waals surface area (Å²) in [4.78, 5) is 15.1. The van der Waals surface area contributed by atoms with Crippen molar-refractivity contribution in [3.63, 3.8) is 0 Å². The number of para-hydroxylation sites is 1. The largest absolute Gasteiger partial charge is 0.493 e. The van der Waals surface area contributed by atoms with Crippen molar-refractivity contribution < 1.29 is 9.53 Å². The van der Waals surface area contributed by atoms with Gasteiger partial charge in [-0.1, -0.05) is 47.7 Å². The quantitative estimate of drug-likeness (QED) is 0.576. The van der Waals surface area contributed by atoms with Crippen LogP contribution in [0, 0.1) is 6.92 Å². The van der Waals surface area contributed by atoms with Crippen molar-refractivity contribution in [2.45, 2.75) is 37.4 Å².